The van der Waals surface area contributed by atoms with Crippen LogP contribution in [0.5, 0.6) is 5.88 Å². The van der Waals surface area contributed by atoms with E-state index in [0.29, 0.717) is 6.61 Å². The van der Waals surface area contributed by atoms with E-state index in [1.165, 1.54) is 5.69 Å². The molecule has 4 heteroatoms. The number of aromatic nitrogens is 1. The SMILES string of the molecule is CC(C)(C)[Si](C)(C)Oc1ccc2n1C(c1ccccc1)OC2. The lowest BCUT2D eigenvalue weighted by atomic mass is 10.2. The van der Waals surface area contributed by atoms with Crippen molar-refractivity contribution in [3.8, 4) is 5.88 Å². The van der Waals surface area contributed by atoms with Crippen molar-refractivity contribution >= 4 is 8.32 Å². The van der Waals surface area contributed by atoms with Gasteiger partial charge in [-0.2, -0.15) is 0 Å². The Kier molecular flexibility index (Phi) is 3.69. The van der Waals surface area contributed by atoms with E-state index >= 15 is 0 Å². The molecule has 1 aromatic heterocycles. The first-order chi connectivity index (χ1) is 10.3. The van der Waals surface area contributed by atoms with E-state index in [1.54, 1.807) is 0 Å². The minimum absolute atomic E-state index is 0.0778. The number of ether oxygens (including phenoxy) is 1. The third-order valence-electron chi connectivity index (χ3n) is 4.84. The summed E-state index contributed by atoms with van der Waals surface area (Å²) in [5, 5.41) is 0.180. The maximum Gasteiger partial charge on any atom is 0.252 e. The summed E-state index contributed by atoms with van der Waals surface area (Å²) in [6, 6.07) is 14.6. The Morgan fingerprint density at radius 2 is 1.77 bits per heavy atom. The zero-order valence-corrected chi connectivity index (χ0v) is 15.1. The molecule has 0 saturated carbocycles. The summed E-state index contributed by atoms with van der Waals surface area (Å²) in [4.78, 5) is 0. The monoisotopic (exact) mass is 315 g/mol. The molecule has 0 bridgehead atoms. The summed E-state index contributed by atoms with van der Waals surface area (Å²) in [5.74, 6) is 0.938. The molecule has 1 aliphatic heterocycles. The van der Waals surface area contributed by atoms with Crippen molar-refractivity contribution in [2.24, 2.45) is 0 Å². The second-order valence-electron chi connectivity index (χ2n) is 7.47. The highest BCUT2D eigenvalue weighted by Crippen LogP contribution is 2.41. The molecule has 0 amide bonds. The van der Waals surface area contributed by atoms with Gasteiger partial charge in [-0.25, -0.2) is 0 Å². The van der Waals surface area contributed by atoms with Gasteiger partial charge in [-0.05, 0) is 30.3 Å². The van der Waals surface area contributed by atoms with Gasteiger partial charge in [-0.3, -0.25) is 4.57 Å². The molecular formula is C18H25NO2Si. The second kappa shape index (κ2) is 5.28. The van der Waals surface area contributed by atoms with Crippen LogP contribution in [0.3, 0.4) is 0 Å². The maximum atomic E-state index is 6.52. The van der Waals surface area contributed by atoms with Crippen LogP contribution in [0.4, 0.5) is 0 Å². The molecule has 1 atom stereocenters. The first-order valence-corrected chi connectivity index (χ1v) is 10.8. The van der Waals surface area contributed by atoms with E-state index < -0.39 is 8.32 Å². The van der Waals surface area contributed by atoms with Gasteiger partial charge < -0.3 is 9.16 Å². The van der Waals surface area contributed by atoms with Crippen LogP contribution in [0.15, 0.2) is 42.5 Å². The average molecular weight is 315 g/mol. The lowest BCUT2D eigenvalue weighted by Gasteiger charge is -2.36. The molecular weight excluding hydrogens is 290 g/mol. The van der Waals surface area contributed by atoms with Crippen molar-refractivity contribution in [3.63, 3.8) is 0 Å². The van der Waals surface area contributed by atoms with Crippen LogP contribution in [0.25, 0.3) is 0 Å². The average Bonchev–Trinajstić information content (AvgIpc) is 3.01. The third-order valence-corrected chi connectivity index (χ3v) is 9.17. The first-order valence-electron chi connectivity index (χ1n) is 7.85. The van der Waals surface area contributed by atoms with Crippen LogP contribution in [0.2, 0.25) is 18.1 Å². The quantitative estimate of drug-likeness (QED) is 0.748. The topological polar surface area (TPSA) is 23.4 Å². The van der Waals surface area contributed by atoms with Crippen molar-refractivity contribution in [1.82, 2.24) is 4.57 Å². The Labute approximate surface area is 134 Å². The highest BCUT2D eigenvalue weighted by molar-refractivity contribution is 6.74. The van der Waals surface area contributed by atoms with Crippen LogP contribution in [-0.4, -0.2) is 12.9 Å². The molecule has 118 valence electrons. The lowest BCUT2D eigenvalue weighted by Crippen LogP contribution is -2.44. The fourth-order valence-electron chi connectivity index (χ4n) is 2.45. The molecule has 2 aromatic rings. The van der Waals surface area contributed by atoms with E-state index in [4.69, 9.17) is 9.16 Å². The number of fused-ring (bicyclic) bond motifs is 1. The smallest absolute Gasteiger partial charge is 0.252 e. The molecule has 0 aliphatic carbocycles. The number of rotatable bonds is 3. The standard InChI is InChI=1S/C18H25NO2Si/c1-18(2,3)22(4,5)21-16-12-11-15-13-20-17(19(15)16)14-9-7-6-8-10-14/h6-12,17H,13H2,1-5H3. The molecule has 0 N–H and O–H groups in total. The summed E-state index contributed by atoms with van der Waals surface area (Å²) in [6.45, 7) is 12.0. The van der Waals surface area contributed by atoms with Crippen molar-refractivity contribution in [3.05, 3.63) is 53.7 Å². The van der Waals surface area contributed by atoms with Crippen molar-refractivity contribution in [2.75, 3.05) is 0 Å². The Balaban J connectivity index is 1.94. The normalized spacial score (nSPS) is 18.3. The molecule has 0 spiro atoms. The fraction of sp³-hybridized carbons (Fsp3) is 0.444. The Bertz CT molecular complexity index is 655. The lowest BCUT2D eigenvalue weighted by molar-refractivity contribution is 0.0602. The van der Waals surface area contributed by atoms with Crippen LogP contribution >= 0.6 is 0 Å². The molecule has 1 aromatic carbocycles. The third kappa shape index (κ3) is 2.61. The first kappa shape index (κ1) is 15.4. The predicted molar refractivity (Wildman–Crippen MR) is 91.6 cm³/mol. The number of nitrogens with zero attached hydrogens (tertiary/aromatic N) is 1. The largest absolute Gasteiger partial charge is 0.532 e. The van der Waals surface area contributed by atoms with Crippen LogP contribution in [-0.2, 0) is 11.3 Å². The van der Waals surface area contributed by atoms with Gasteiger partial charge in [0.2, 0.25) is 0 Å². The van der Waals surface area contributed by atoms with Gasteiger partial charge in [0.25, 0.3) is 8.32 Å². The molecule has 3 rings (SSSR count). The molecule has 0 radical (unpaired) electrons. The summed E-state index contributed by atoms with van der Waals surface area (Å²) in [5.41, 5.74) is 2.35. The Hall–Kier alpha value is -1.52. The predicted octanol–water partition coefficient (Wildman–Crippen LogP) is 4.95. The minimum atomic E-state index is -1.86. The second-order valence-corrected chi connectivity index (χ2v) is 12.2. The molecule has 0 saturated heterocycles. The summed E-state index contributed by atoms with van der Waals surface area (Å²) < 4.78 is 14.7. The van der Waals surface area contributed by atoms with Crippen molar-refractivity contribution < 1.29 is 9.16 Å². The highest BCUT2D eigenvalue weighted by Gasteiger charge is 2.40. The fourth-order valence-corrected chi connectivity index (χ4v) is 3.45. The van der Waals surface area contributed by atoms with Crippen LogP contribution in [0, 0.1) is 0 Å². The van der Waals surface area contributed by atoms with Gasteiger partial charge in [-0.15, -0.1) is 0 Å². The number of benzene rings is 1. The molecule has 0 fully saturated rings. The van der Waals surface area contributed by atoms with Gasteiger partial charge in [0.15, 0.2) is 12.1 Å². The van der Waals surface area contributed by atoms with Crippen molar-refractivity contribution in [1.29, 1.82) is 0 Å². The summed E-state index contributed by atoms with van der Waals surface area (Å²) in [7, 11) is -1.86. The van der Waals surface area contributed by atoms with Gasteiger partial charge >= 0.3 is 0 Å². The van der Waals surface area contributed by atoms with Gasteiger partial charge in [0.05, 0.1) is 6.61 Å². The molecule has 3 nitrogen and oxygen atoms in total. The Morgan fingerprint density at radius 3 is 2.41 bits per heavy atom. The molecule has 1 unspecified atom stereocenters. The van der Waals surface area contributed by atoms with Gasteiger partial charge in [0.1, 0.15) is 0 Å². The highest BCUT2D eigenvalue weighted by atomic mass is 28.4. The zero-order chi connectivity index (χ0) is 16.0. The number of hydrogen-bond acceptors (Lipinski definition) is 2. The Morgan fingerprint density at radius 1 is 1.09 bits per heavy atom. The van der Waals surface area contributed by atoms with Crippen LogP contribution in [0.1, 0.15) is 38.3 Å². The van der Waals surface area contributed by atoms with E-state index in [1.807, 2.05) is 6.07 Å². The molecule has 2 heterocycles. The maximum absolute atomic E-state index is 6.52. The van der Waals surface area contributed by atoms with E-state index in [2.05, 4.69) is 74.8 Å². The van der Waals surface area contributed by atoms with Crippen LogP contribution < -0.4 is 4.43 Å². The number of hydrogen-bond donors (Lipinski definition) is 0. The van der Waals surface area contributed by atoms with Gasteiger partial charge in [-0.1, -0.05) is 51.1 Å². The minimum Gasteiger partial charge on any atom is -0.532 e. The van der Waals surface area contributed by atoms with E-state index in [0.717, 1.165) is 11.4 Å². The zero-order valence-electron chi connectivity index (χ0n) is 14.1. The van der Waals surface area contributed by atoms with E-state index in [9.17, 15) is 0 Å². The summed E-state index contributed by atoms with van der Waals surface area (Å²) >= 11 is 0. The molecule has 22 heavy (non-hydrogen) atoms. The molecule has 1 aliphatic rings. The summed E-state index contributed by atoms with van der Waals surface area (Å²) in [6.07, 6.45) is -0.0778. The van der Waals surface area contributed by atoms with Crippen molar-refractivity contribution in [2.45, 2.75) is 51.7 Å². The van der Waals surface area contributed by atoms with E-state index in [-0.39, 0.29) is 11.3 Å². The van der Waals surface area contributed by atoms with Gasteiger partial charge in [0, 0.05) is 11.3 Å².